The molecule has 0 aliphatic heterocycles. The Kier molecular flexibility index (Phi) is 3.55. The molecule has 9 heteroatoms. The number of alkyl halides is 3. The number of rotatable bonds is 1. The molecule has 5 nitrogen and oxygen atoms in total. The quantitative estimate of drug-likeness (QED) is 0.856. The molecular weight excluding hydrogens is 343 g/mol. The molecule has 0 bridgehead atoms. The lowest BCUT2D eigenvalue weighted by Crippen LogP contribution is -2.35. The van der Waals surface area contributed by atoms with Crippen molar-refractivity contribution in [1.29, 1.82) is 0 Å². The van der Waals surface area contributed by atoms with Gasteiger partial charge in [0.25, 0.3) is 5.56 Å². The fraction of sp³-hybridized carbons (Fsp3) is 0.182. The molecule has 0 fully saturated rings. The number of pyridine rings is 1. The van der Waals surface area contributed by atoms with Gasteiger partial charge < -0.3 is 4.98 Å². The van der Waals surface area contributed by atoms with E-state index in [0.717, 1.165) is 12.3 Å². The highest BCUT2D eigenvalue weighted by Gasteiger charge is 2.32. The summed E-state index contributed by atoms with van der Waals surface area (Å²) in [6, 6.07) is 1.71. The van der Waals surface area contributed by atoms with Crippen molar-refractivity contribution in [3.63, 3.8) is 0 Å². The van der Waals surface area contributed by atoms with Gasteiger partial charge in [-0.15, -0.1) is 0 Å². The molecule has 0 saturated carbocycles. The van der Waals surface area contributed by atoms with Gasteiger partial charge in [-0.1, -0.05) is 0 Å². The van der Waals surface area contributed by atoms with Crippen molar-refractivity contribution in [2.24, 2.45) is 0 Å². The molecule has 0 aromatic carbocycles. The Hall–Kier alpha value is -1.90. The van der Waals surface area contributed by atoms with Gasteiger partial charge in [-0.2, -0.15) is 13.2 Å². The topological polar surface area (TPSA) is 67.8 Å². The lowest BCUT2D eigenvalue weighted by molar-refractivity contribution is -0.141. The highest BCUT2D eigenvalue weighted by molar-refractivity contribution is 9.10. The Bertz CT molecular complexity index is 762. The number of aryl methyl sites for hydroxylation is 1. The molecule has 0 aliphatic rings. The molecule has 0 unspecified atom stereocenters. The molecule has 0 aliphatic carbocycles. The van der Waals surface area contributed by atoms with Crippen molar-refractivity contribution in [3.05, 3.63) is 55.0 Å². The van der Waals surface area contributed by atoms with Crippen molar-refractivity contribution in [2.45, 2.75) is 13.1 Å². The van der Waals surface area contributed by atoms with Crippen LogP contribution in [0.4, 0.5) is 13.2 Å². The first-order chi connectivity index (χ1) is 9.21. The van der Waals surface area contributed by atoms with Crippen molar-refractivity contribution < 1.29 is 13.2 Å². The summed E-state index contributed by atoms with van der Waals surface area (Å²) >= 11 is 3.00. The van der Waals surface area contributed by atoms with Crippen molar-refractivity contribution in [1.82, 2.24) is 14.5 Å². The third kappa shape index (κ3) is 2.53. The molecule has 2 rings (SSSR count). The Balaban J connectivity index is 2.62. The molecule has 0 spiro atoms. The van der Waals surface area contributed by atoms with Gasteiger partial charge in [0.05, 0.1) is 11.9 Å². The van der Waals surface area contributed by atoms with E-state index in [2.05, 4.69) is 25.9 Å². The van der Waals surface area contributed by atoms with E-state index < -0.39 is 23.1 Å². The summed E-state index contributed by atoms with van der Waals surface area (Å²) in [4.78, 5) is 29.3. The van der Waals surface area contributed by atoms with Gasteiger partial charge in [-0.05, 0) is 35.0 Å². The molecule has 2 aromatic heterocycles. The Labute approximate surface area is 118 Å². The number of nitrogens with one attached hydrogen (secondary N) is 1. The lowest BCUT2D eigenvalue weighted by atomic mass is 10.3. The zero-order chi connectivity index (χ0) is 15.1. The van der Waals surface area contributed by atoms with E-state index in [9.17, 15) is 22.8 Å². The SMILES string of the molecule is Cc1[nH]c(=O)n(-c2ccc(C(F)(F)F)nc2)c(=O)c1Br. The summed E-state index contributed by atoms with van der Waals surface area (Å²) in [5, 5.41) is 0. The van der Waals surface area contributed by atoms with Crippen LogP contribution in [-0.4, -0.2) is 14.5 Å². The van der Waals surface area contributed by atoms with Gasteiger partial charge in [0.15, 0.2) is 0 Å². The van der Waals surface area contributed by atoms with Crippen LogP contribution in [0.15, 0.2) is 32.4 Å². The predicted molar refractivity (Wildman–Crippen MR) is 67.9 cm³/mol. The number of aromatic nitrogens is 3. The summed E-state index contributed by atoms with van der Waals surface area (Å²) in [5.74, 6) is 0. The Morgan fingerprint density at radius 1 is 1.30 bits per heavy atom. The normalized spacial score (nSPS) is 11.7. The van der Waals surface area contributed by atoms with E-state index in [4.69, 9.17) is 0 Å². The first kappa shape index (κ1) is 14.5. The molecule has 0 radical (unpaired) electrons. The number of hydrogen-bond acceptors (Lipinski definition) is 3. The second-order valence-corrected chi connectivity index (χ2v) is 4.70. The van der Waals surface area contributed by atoms with Crippen LogP contribution < -0.4 is 11.2 Å². The molecule has 0 atom stereocenters. The number of hydrogen-bond donors (Lipinski definition) is 1. The summed E-state index contributed by atoms with van der Waals surface area (Å²) in [5.41, 5.74) is -2.25. The van der Waals surface area contributed by atoms with Crippen LogP contribution in [0.2, 0.25) is 0 Å². The van der Waals surface area contributed by atoms with Gasteiger partial charge in [0.2, 0.25) is 0 Å². The first-order valence-electron chi connectivity index (χ1n) is 5.27. The first-order valence-corrected chi connectivity index (χ1v) is 6.06. The van der Waals surface area contributed by atoms with Crippen molar-refractivity contribution >= 4 is 15.9 Å². The summed E-state index contributed by atoms with van der Waals surface area (Å²) in [6.45, 7) is 1.52. The summed E-state index contributed by atoms with van der Waals surface area (Å²) in [7, 11) is 0. The maximum atomic E-state index is 12.4. The Morgan fingerprint density at radius 2 is 1.95 bits per heavy atom. The third-order valence-electron chi connectivity index (χ3n) is 2.51. The second kappa shape index (κ2) is 4.89. The fourth-order valence-corrected chi connectivity index (χ4v) is 1.82. The molecule has 20 heavy (non-hydrogen) atoms. The molecule has 2 heterocycles. The van der Waals surface area contributed by atoms with Gasteiger partial charge in [-0.25, -0.2) is 14.3 Å². The number of halogens is 4. The van der Waals surface area contributed by atoms with Crippen LogP contribution in [0.25, 0.3) is 5.69 Å². The molecule has 1 N–H and O–H groups in total. The van der Waals surface area contributed by atoms with E-state index in [-0.39, 0.29) is 10.2 Å². The van der Waals surface area contributed by atoms with Crippen molar-refractivity contribution in [3.8, 4) is 5.69 Å². The maximum Gasteiger partial charge on any atom is 0.433 e. The van der Waals surface area contributed by atoms with E-state index in [1.807, 2.05) is 0 Å². The fourth-order valence-electron chi connectivity index (χ4n) is 1.54. The van der Waals surface area contributed by atoms with Gasteiger partial charge in [0.1, 0.15) is 10.2 Å². The minimum Gasteiger partial charge on any atom is -0.310 e. The average Bonchev–Trinajstić information content (AvgIpc) is 2.36. The van der Waals surface area contributed by atoms with E-state index in [0.29, 0.717) is 16.3 Å². The lowest BCUT2D eigenvalue weighted by Gasteiger charge is -2.08. The molecule has 0 amide bonds. The zero-order valence-electron chi connectivity index (χ0n) is 9.95. The largest absolute Gasteiger partial charge is 0.433 e. The zero-order valence-corrected chi connectivity index (χ0v) is 11.5. The maximum absolute atomic E-state index is 12.4. The molecule has 0 saturated heterocycles. The van der Waals surface area contributed by atoms with Crippen LogP contribution >= 0.6 is 15.9 Å². The van der Waals surface area contributed by atoms with E-state index >= 15 is 0 Å². The van der Waals surface area contributed by atoms with E-state index in [1.165, 1.54) is 6.92 Å². The highest BCUT2D eigenvalue weighted by atomic mass is 79.9. The summed E-state index contributed by atoms with van der Waals surface area (Å²) < 4.78 is 38.0. The van der Waals surface area contributed by atoms with Crippen LogP contribution in [0.3, 0.4) is 0 Å². The number of aromatic amines is 1. The standard InChI is InChI=1S/C11H7BrF3N3O2/c1-5-8(12)9(19)18(10(20)17-5)6-2-3-7(16-4-6)11(13,14)15/h2-4H,1H3,(H,17,20). The minimum atomic E-state index is -4.58. The number of nitrogens with zero attached hydrogens (tertiary/aromatic N) is 2. The highest BCUT2D eigenvalue weighted by Crippen LogP contribution is 2.27. The minimum absolute atomic E-state index is 0.0510. The summed E-state index contributed by atoms with van der Waals surface area (Å²) in [6.07, 6.45) is -3.76. The van der Waals surface area contributed by atoms with Crippen molar-refractivity contribution in [2.75, 3.05) is 0 Å². The van der Waals surface area contributed by atoms with Gasteiger partial charge in [-0.3, -0.25) is 4.79 Å². The average molecular weight is 350 g/mol. The predicted octanol–water partition coefficient (Wildman–Crippen LogP) is 2.01. The smallest absolute Gasteiger partial charge is 0.310 e. The molecule has 106 valence electrons. The van der Waals surface area contributed by atoms with Crippen LogP contribution in [0, 0.1) is 6.92 Å². The monoisotopic (exact) mass is 349 g/mol. The van der Waals surface area contributed by atoms with Crippen LogP contribution in [0.5, 0.6) is 0 Å². The number of H-pyrrole nitrogens is 1. The van der Waals surface area contributed by atoms with Gasteiger partial charge >= 0.3 is 11.9 Å². The molecular formula is C11H7BrF3N3O2. The van der Waals surface area contributed by atoms with Crippen LogP contribution in [0.1, 0.15) is 11.4 Å². The Morgan fingerprint density at radius 3 is 2.45 bits per heavy atom. The molecule has 2 aromatic rings. The van der Waals surface area contributed by atoms with E-state index in [1.54, 1.807) is 0 Å². The second-order valence-electron chi connectivity index (χ2n) is 3.91. The van der Waals surface area contributed by atoms with Crippen LogP contribution in [-0.2, 0) is 6.18 Å². The third-order valence-corrected chi connectivity index (χ3v) is 3.45. The van der Waals surface area contributed by atoms with Gasteiger partial charge in [0, 0.05) is 5.69 Å².